The maximum atomic E-state index is 12.1. The SMILES string of the molecule is CN(C)CC(=O)NCCOCCOCCCC(=O)CCCOCCOCCN1CCN(c2cccc(-c3nc(N=C(N)N)nc4ccc(Cl)cc34)c2)CC1. The second-order valence-corrected chi connectivity index (χ2v) is 13.7. The van der Waals surface area contributed by atoms with Crippen LogP contribution in [0.1, 0.15) is 25.7 Å². The van der Waals surface area contributed by atoms with Crippen LogP contribution in [-0.2, 0) is 28.5 Å². The van der Waals surface area contributed by atoms with Crippen molar-refractivity contribution in [2.75, 3.05) is 118 Å². The fraction of sp³-hybridized carbons (Fsp3) is 0.553. The number of likely N-dealkylation sites (N-methyl/N-ethyl adjacent to an activating group) is 1. The number of benzene rings is 2. The number of ether oxygens (including phenoxy) is 4. The van der Waals surface area contributed by atoms with Crippen molar-refractivity contribution >= 4 is 51.8 Å². The summed E-state index contributed by atoms with van der Waals surface area (Å²) < 4.78 is 22.5. The van der Waals surface area contributed by atoms with Gasteiger partial charge in [-0.15, -0.1) is 0 Å². The summed E-state index contributed by atoms with van der Waals surface area (Å²) in [4.78, 5) is 43.5. The molecule has 0 bridgehead atoms. The number of carbonyl (C=O) groups excluding carboxylic acids is 2. The van der Waals surface area contributed by atoms with Crippen molar-refractivity contribution in [3.05, 3.63) is 47.5 Å². The van der Waals surface area contributed by atoms with Crippen molar-refractivity contribution in [1.82, 2.24) is 25.1 Å². The second kappa shape index (κ2) is 23.7. The molecule has 16 heteroatoms. The molecule has 0 aliphatic carbocycles. The summed E-state index contributed by atoms with van der Waals surface area (Å²) in [5.41, 5.74) is 14.7. The van der Waals surface area contributed by atoms with Crippen LogP contribution in [0.2, 0.25) is 5.02 Å². The van der Waals surface area contributed by atoms with Crippen LogP contribution in [0.4, 0.5) is 11.6 Å². The number of halogens is 1. The highest BCUT2D eigenvalue weighted by molar-refractivity contribution is 6.31. The zero-order valence-electron chi connectivity index (χ0n) is 31.6. The number of aromatic nitrogens is 2. The molecular weight excluding hydrogens is 714 g/mol. The number of hydrogen-bond acceptors (Lipinski definition) is 12. The topological polar surface area (TPSA) is 183 Å². The molecule has 2 heterocycles. The number of Topliss-reactive ketones (excluding diaryl/α,β-unsaturated/α-hetero) is 1. The van der Waals surface area contributed by atoms with Crippen LogP contribution < -0.4 is 21.7 Å². The number of ketones is 1. The van der Waals surface area contributed by atoms with Crippen molar-refractivity contribution in [2.24, 2.45) is 16.5 Å². The summed E-state index contributed by atoms with van der Waals surface area (Å²) in [6.45, 7) is 9.46. The summed E-state index contributed by atoms with van der Waals surface area (Å²) in [7, 11) is 3.69. The minimum absolute atomic E-state index is 0.0244. The van der Waals surface area contributed by atoms with Crippen LogP contribution in [0.15, 0.2) is 47.5 Å². The average Bonchev–Trinajstić information content (AvgIpc) is 3.14. The first-order valence-electron chi connectivity index (χ1n) is 18.6. The first-order chi connectivity index (χ1) is 26.2. The number of guanidine groups is 1. The Morgan fingerprint density at radius 1 is 0.852 bits per heavy atom. The normalized spacial score (nSPS) is 13.4. The lowest BCUT2D eigenvalue weighted by atomic mass is 10.1. The van der Waals surface area contributed by atoms with E-state index in [9.17, 15) is 9.59 Å². The molecule has 1 saturated heterocycles. The third kappa shape index (κ3) is 15.8. The van der Waals surface area contributed by atoms with Crippen molar-refractivity contribution < 1.29 is 28.5 Å². The number of anilines is 1. The van der Waals surface area contributed by atoms with Crippen molar-refractivity contribution in [3.8, 4) is 11.3 Å². The molecule has 296 valence electrons. The fourth-order valence-corrected chi connectivity index (χ4v) is 6.04. The number of aliphatic imine (C=N–C) groups is 1. The van der Waals surface area contributed by atoms with Gasteiger partial charge in [-0.3, -0.25) is 14.5 Å². The first kappa shape index (κ1) is 42.8. The van der Waals surface area contributed by atoms with Crippen molar-refractivity contribution in [1.29, 1.82) is 0 Å². The van der Waals surface area contributed by atoms with Gasteiger partial charge in [0.2, 0.25) is 5.91 Å². The highest BCUT2D eigenvalue weighted by atomic mass is 35.5. The Morgan fingerprint density at radius 3 is 2.19 bits per heavy atom. The Hall–Kier alpha value is -3.96. The monoisotopic (exact) mass is 769 g/mol. The number of carbonyl (C=O) groups is 2. The van der Waals surface area contributed by atoms with Crippen LogP contribution in [0.25, 0.3) is 22.2 Å². The van der Waals surface area contributed by atoms with E-state index in [4.69, 9.17) is 42.0 Å². The quantitative estimate of drug-likeness (QED) is 0.0651. The van der Waals surface area contributed by atoms with E-state index in [1.807, 2.05) is 43.3 Å². The molecule has 54 heavy (non-hydrogen) atoms. The molecule has 1 aliphatic heterocycles. The minimum atomic E-state index is -0.105. The molecule has 0 radical (unpaired) electrons. The molecule has 0 unspecified atom stereocenters. The van der Waals surface area contributed by atoms with E-state index < -0.39 is 0 Å². The summed E-state index contributed by atoms with van der Waals surface area (Å²) in [5, 5.41) is 4.21. The van der Waals surface area contributed by atoms with Gasteiger partial charge in [0, 0.05) is 87.0 Å². The molecule has 2 aromatic carbocycles. The van der Waals surface area contributed by atoms with Crippen LogP contribution >= 0.6 is 11.6 Å². The Kier molecular flexibility index (Phi) is 18.8. The lowest BCUT2D eigenvalue weighted by Crippen LogP contribution is -2.47. The number of piperazine rings is 1. The standard InChI is InChI=1S/C38H56ClN9O6/c1-46(2)28-35(50)42-12-20-53-24-22-51-18-4-8-32(49)9-5-19-52-23-25-54-21-17-47-13-15-48(16-14-47)31-7-3-6-29(26-31)36-33-27-30(39)10-11-34(33)43-38(44-36)45-37(40)41/h3,6-7,10-11,26-27H,4-5,8-9,12-25,28H2,1-2H3,(H,42,50)(H4,40,41,43,44,45). The van der Waals surface area contributed by atoms with Crippen LogP contribution in [0.3, 0.4) is 0 Å². The van der Waals surface area contributed by atoms with E-state index in [-0.39, 0.29) is 23.6 Å². The highest BCUT2D eigenvalue weighted by Crippen LogP contribution is 2.32. The van der Waals surface area contributed by atoms with E-state index in [1.165, 1.54) is 0 Å². The molecule has 3 aromatic rings. The maximum absolute atomic E-state index is 12.1. The summed E-state index contributed by atoms with van der Waals surface area (Å²) in [6.07, 6.45) is 2.40. The van der Waals surface area contributed by atoms with E-state index >= 15 is 0 Å². The van der Waals surface area contributed by atoms with Crippen LogP contribution in [0.5, 0.6) is 0 Å². The van der Waals surface area contributed by atoms with E-state index in [1.54, 1.807) is 6.07 Å². The van der Waals surface area contributed by atoms with Gasteiger partial charge in [-0.1, -0.05) is 23.7 Å². The first-order valence-corrected chi connectivity index (χ1v) is 18.9. The largest absolute Gasteiger partial charge is 0.379 e. The van der Waals surface area contributed by atoms with E-state index in [2.05, 4.69) is 42.2 Å². The highest BCUT2D eigenvalue weighted by Gasteiger charge is 2.18. The Balaban J connectivity index is 1.01. The number of rotatable bonds is 25. The molecule has 1 amide bonds. The van der Waals surface area contributed by atoms with Gasteiger partial charge >= 0.3 is 0 Å². The van der Waals surface area contributed by atoms with Gasteiger partial charge < -0.3 is 45.5 Å². The molecule has 5 N–H and O–H groups in total. The summed E-state index contributed by atoms with van der Waals surface area (Å²) >= 11 is 6.33. The molecule has 4 rings (SSSR count). The third-order valence-corrected chi connectivity index (χ3v) is 8.78. The number of hydrogen-bond donors (Lipinski definition) is 3. The van der Waals surface area contributed by atoms with Crippen LogP contribution in [0, 0.1) is 0 Å². The Bertz CT molecular complexity index is 1630. The zero-order valence-corrected chi connectivity index (χ0v) is 32.4. The fourth-order valence-electron chi connectivity index (χ4n) is 5.86. The molecule has 0 saturated carbocycles. The molecule has 1 aliphatic rings. The van der Waals surface area contributed by atoms with Gasteiger partial charge in [-0.05, 0) is 57.3 Å². The van der Waals surface area contributed by atoms with Crippen molar-refractivity contribution in [2.45, 2.75) is 25.7 Å². The third-order valence-electron chi connectivity index (χ3n) is 8.54. The summed E-state index contributed by atoms with van der Waals surface area (Å²) in [6, 6.07) is 13.8. The molecule has 15 nitrogen and oxygen atoms in total. The number of fused-ring (bicyclic) bond motifs is 1. The minimum Gasteiger partial charge on any atom is -0.379 e. The smallest absolute Gasteiger partial charge is 0.253 e. The van der Waals surface area contributed by atoms with Gasteiger partial charge in [0.15, 0.2) is 5.96 Å². The summed E-state index contributed by atoms with van der Waals surface area (Å²) in [5.74, 6) is 0.291. The van der Waals surface area contributed by atoms with Gasteiger partial charge in [0.25, 0.3) is 5.95 Å². The molecule has 0 atom stereocenters. The number of nitrogens with one attached hydrogen (secondary N) is 1. The zero-order chi connectivity index (χ0) is 38.5. The Morgan fingerprint density at radius 2 is 1.52 bits per heavy atom. The van der Waals surface area contributed by atoms with Gasteiger partial charge in [-0.25, -0.2) is 9.97 Å². The molecule has 0 spiro atoms. The predicted molar refractivity (Wildman–Crippen MR) is 212 cm³/mol. The number of amides is 1. The van der Waals surface area contributed by atoms with E-state index in [0.717, 1.165) is 49.4 Å². The number of nitrogens with zero attached hydrogens (tertiary/aromatic N) is 6. The predicted octanol–water partition coefficient (Wildman–Crippen LogP) is 2.85. The lowest BCUT2D eigenvalue weighted by molar-refractivity contribution is -0.122. The van der Waals surface area contributed by atoms with E-state index in [0.29, 0.717) is 108 Å². The van der Waals surface area contributed by atoms with Crippen molar-refractivity contribution in [3.63, 3.8) is 0 Å². The van der Waals surface area contributed by atoms with Gasteiger partial charge in [0.1, 0.15) is 5.78 Å². The number of nitrogens with two attached hydrogens (primary N) is 2. The molecule has 1 aromatic heterocycles. The second-order valence-electron chi connectivity index (χ2n) is 13.2. The lowest BCUT2D eigenvalue weighted by Gasteiger charge is -2.36. The molecular formula is C38H56ClN9O6. The van der Waals surface area contributed by atoms with Gasteiger partial charge in [-0.2, -0.15) is 4.99 Å². The van der Waals surface area contributed by atoms with Gasteiger partial charge in [0.05, 0.1) is 57.4 Å². The average molecular weight is 770 g/mol. The van der Waals surface area contributed by atoms with Crippen LogP contribution in [-0.4, -0.2) is 150 Å². The maximum Gasteiger partial charge on any atom is 0.253 e. The Labute approximate surface area is 323 Å². The molecule has 1 fully saturated rings.